The number of rotatable bonds is 5. The summed E-state index contributed by atoms with van der Waals surface area (Å²) in [6, 6.07) is 5.34. The van der Waals surface area contributed by atoms with Crippen molar-refractivity contribution in [2.45, 2.75) is 44.4 Å². The van der Waals surface area contributed by atoms with E-state index in [4.69, 9.17) is 0 Å². The molecule has 3 nitrogen and oxygen atoms in total. The number of carbonyl (C=O) groups excluding carboxylic acids is 1. The van der Waals surface area contributed by atoms with Crippen LogP contribution in [0.1, 0.15) is 60.4 Å². The average Bonchev–Trinajstić information content (AvgIpc) is 2.52. The van der Waals surface area contributed by atoms with Crippen LogP contribution in [0.15, 0.2) is 30.9 Å². The van der Waals surface area contributed by atoms with E-state index in [1.54, 1.807) is 12.1 Å². The number of hydrogen-bond acceptors (Lipinski definition) is 3. The zero-order valence-electron chi connectivity index (χ0n) is 12.7. The molecule has 0 bridgehead atoms. The molecule has 0 radical (unpaired) electrons. The number of ether oxygens (including phenoxy) is 1. The van der Waals surface area contributed by atoms with Crippen molar-refractivity contribution in [1.29, 1.82) is 0 Å². The Labute approximate surface area is 126 Å². The number of methoxy groups -OCH3 is 1. The van der Waals surface area contributed by atoms with Gasteiger partial charge in [-0.15, -0.1) is 6.58 Å². The van der Waals surface area contributed by atoms with Crippen LogP contribution >= 0.6 is 0 Å². The van der Waals surface area contributed by atoms with Crippen LogP contribution in [-0.4, -0.2) is 18.2 Å². The predicted molar refractivity (Wildman–Crippen MR) is 83.6 cm³/mol. The summed E-state index contributed by atoms with van der Waals surface area (Å²) in [5.41, 5.74) is 1.36. The van der Waals surface area contributed by atoms with E-state index in [0.717, 1.165) is 30.7 Å². The lowest BCUT2D eigenvalue weighted by Crippen LogP contribution is -2.13. The third-order valence-corrected chi connectivity index (χ3v) is 4.52. The minimum Gasteiger partial charge on any atom is -0.507 e. The first-order valence-corrected chi connectivity index (χ1v) is 7.67. The fourth-order valence-electron chi connectivity index (χ4n) is 3.22. The van der Waals surface area contributed by atoms with Crippen LogP contribution in [0.3, 0.4) is 0 Å². The van der Waals surface area contributed by atoms with E-state index in [9.17, 15) is 9.90 Å². The topological polar surface area (TPSA) is 46.5 Å². The second-order valence-electron chi connectivity index (χ2n) is 5.85. The van der Waals surface area contributed by atoms with Gasteiger partial charge in [0, 0.05) is 0 Å². The Morgan fingerprint density at radius 3 is 2.67 bits per heavy atom. The van der Waals surface area contributed by atoms with Gasteiger partial charge in [-0.1, -0.05) is 12.1 Å². The molecule has 0 aromatic heterocycles. The average molecular weight is 288 g/mol. The summed E-state index contributed by atoms with van der Waals surface area (Å²) in [7, 11) is 1.32. The highest BCUT2D eigenvalue weighted by molar-refractivity contribution is 5.92. The smallest absolute Gasteiger partial charge is 0.341 e. The second-order valence-corrected chi connectivity index (χ2v) is 5.85. The summed E-state index contributed by atoms with van der Waals surface area (Å²) >= 11 is 0. The Hall–Kier alpha value is -1.77. The first-order valence-electron chi connectivity index (χ1n) is 7.67. The van der Waals surface area contributed by atoms with Gasteiger partial charge in [0.2, 0.25) is 0 Å². The van der Waals surface area contributed by atoms with Gasteiger partial charge in [0.1, 0.15) is 11.3 Å². The molecule has 0 atom stereocenters. The Morgan fingerprint density at radius 1 is 1.38 bits per heavy atom. The zero-order valence-corrected chi connectivity index (χ0v) is 12.7. The molecule has 0 heterocycles. The summed E-state index contributed by atoms with van der Waals surface area (Å²) < 4.78 is 4.65. The van der Waals surface area contributed by atoms with Crippen LogP contribution in [-0.2, 0) is 4.74 Å². The van der Waals surface area contributed by atoms with Crippen LogP contribution < -0.4 is 0 Å². The maximum absolute atomic E-state index is 11.5. The van der Waals surface area contributed by atoms with Crippen molar-refractivity contribution in [3.05, 3.63) is 42.0 Å². The summed E-state index contributed by atoms with van der Waals surface area (Å²) in [5.74, 6) is 0.824. The van der Waals surface area contributed by atoms with Gasteiger partial charge >= 0.3 is 5.97 Å². The molecular formula is C18H24O3. The van der Waals surface area contributed by atoms with Crippen molar-refractivity contribution in [1.82, 2.24) is 0 Å². The molecule has 1 aliphatic rings. The lowest BCUT2D eigenvalue weighted by molar-refractivity contribution is 0.0597. The van der Waals surface area contributed by atoms with Gasteiger partial charge in [-0.25, -0.2) is 4.79 Å². The summed E-state index contributed by atoms with van der Waals surface area (Å²) in [4.78, 5) is 11.5. The quantitative estimate of drug-likeness (QED) is 0.644. The first-order chi connectivity index (χ1) is 10.2. The normalized spacial score (nSPS) is 21.8. The van der Waals surface area contributed by atoms with Crippen LogP contribution in [0.5, 0.6) is 5.75 Å². The van der Waals surface area contributed by atoms with Crippen molar-refractivity contribution in [3.63, 3.8) is 0 Å². The number of esters is 1. The molecule has 0 spiro atoms. The van der Waals surface area contributed by atoms with E-state index in [-0.39, 0.29) is 11.3 Å². The van der Waals surface area contributed by atoms with Gasteiger partial charge < -0.3 is 9.84 Å². The van der Waals surface area contributed by atoms with Crippen LogP contribution in [0.4, 0.5) is 0 Å². The molecule has 1 saturated carbocycles. The maximum atomic E-state index is 11.5. The fraction of sp³-hybridized carbons (Fsp3) is 0.500. The molecule has 0 unspecified atom stereocenters. The predicted octanol–water partition coefficient (Wildman–Crippen LogP) is 4.42. The molecule has 21 heavy (non-hydrogen) atoms. The standard InChI is InChI=1S/C18H24O3/c1-3-4-5-13-6-8-14(9-7-13)15-10-11-16(17(19)12-15)18(20)21-2/h3,10-14,19H,1,4-9H2,2H3. The summed E-state index contributed by atoms with van der Waals surface area (Å²) in [6.07, 6.45) is 9.11. The Morgan fingerprint density at radius 2 is 2.10 bits per heavy atom. The van der Waals surface area contributed by atoms with E-state index >= 15 is 0 Å². The molecule has 1 fully saturated rings. The largest absolute Gasteiger partial charge is 0.507 e. The van der Waals surface area contributed by atoms with E-state index < -0.39 is 5.97 Å². The molecule has 0 amide bonds. The Kier molecular flexibility index (Phi) is 5.43. The number of allylic oxidation sites excluding steroid dienone is 1. The van der Waals surface area contributed by atoms with Gasteiger partial charge in [-0.2, -0.15) is 0 Å². The highest BCUT2D eigenvalue weighted by atomic mass is 16.5. The van der Waals surface area contributed by atoms with Crippen LogP contribution in [0.2, 0.25) is 0 Å². The Balaban J connectivity index is 1.99. The Bertz CT molecular complexity index is 499. The number of hydrogen-bond donors (Lipinski definition) is 1. The number of carbonyl (C=O) groups is 1. The van der Waals surface area contributed by atoms with Crippen LogP contribution in [0.25, 0.3) is 0 Å². The summed E-state index contributed by atoms with van der Waals surface area (Å²) in [6.45, 7) is 3.78. The molecule has 1 aliphatic carbocycles. The SMILES string of the molecule is C=CCCC1CCC(c2ccc(C(=O)OC)c(O)c2)CC1. The zero-order chi connectivity index (χ0) is 15.2. The lowest BCUT2D eigenvalue weighted by atomic mass is 9.77. The van der Waals surface area contributed by atoms with Crippen molar-refractivity contribution in [3.8, 4) is 5.75 Å². The van der Waals surface area contributed by atoms with Crippen molar-refractivity contribution in [2.75, 3.05) is 7.11 Å². The van der Waals surface area contributed by atoms with Gasteiger partial charge in [0.05, 0.1) is 7.11 Å². The van der Waals surface area contributed by atoms with Crippen molar-refractivity contribution in [2.24, 2.45) is 5.92 Å². The minimum atomic E-state index is -0.493. The second kappa shape index (κ2) is 7.30. The molecule has 114 valence electrons. The van der Waals surface area contributed by atoms with Gasteiger partial charge in [-0.3, -0.25) is 0 Å². The molecule has 0 aliphatic heterocycles. The molecule has 1 aromatic rings. The van der Waals surface area contributed by atoms with Crippen LogP contribution in [0, 0.1) is 5.92 Å². The fourth-order valence-corrected chi connectivity index (χ4v) is 3.22. The summed E-state index contributed by atoms with van der Waals surface area (Å²) in [5, 5.41) is 9.98. The van der Waals surface area contributed by atoms with Gasteiger partial charge in [-0.05, 0) is 68.1 Å². The maximum Gasteiger partial charge on any atom is 0.341 e. The molecule has 1 aromatic carbocycles. The highest BCUT2D eigenvalue weighted by Crippen LogP contribution is 2.38. The van der Waals surface area contributed by atoms with E-state index in [1.807, 2.05) is 12.1 Å². The number of phenolic OH excluding ortho intramolecular Hbond substituents is 1. The van der Waals surface area contributed by atoms with Crippen molar-refractivity contribution >= 4 is 5.97 Å². The highest BCUT2D eigenvalue weighted by Gasteiger charge is 2.23. The third-order valence-electron chi connectivity index (χ3n) is 4.52. The third kappa shape index (κ3) is 3.87. The lowest BCUT2D eigenvalue weighted by Gasteiger charge is -2.28. The van der Waals surface area contributed by atoms with E-state index in [0.29, 0.717) is 5.92 Å². The molecule has 2 rings (SSSR count). The molecule has 1 N–H and O–H groups in total. The minimum absolute atomic E-state index is 0.0214. The first kappa shape index (κ1) is 15.6. The number of phenols is 1. The van der Waals surface area contributed by atoms with Crippen molar-refractivity contribution < 1.29 is 14.6 Å². The number of aromatic hydroxyl groups is 1. The van der Waals surface area contributed by atoms with E-state index in [1.165, 1.54) is 26.4 Å². The van der Waals surface area contributed by atoms with E-state index in [2.05, 4.69) is 11.3 Å². The van der Waals surface area contributed by atoms with Gasteiger partial charge in [0.25, 0.3) is 0 Å². The number of benzene rings is 1. The molecular weight excluding hydrogens is 264 g/mol. The molecule has 3 heteroatoms. The van der Waals surface area contributed by atoms with Gasteiger partial charge in [0.15, 0.2) is 0 Å². The molecule has 0 saturated heterocycles. The monoisotopic (exact) mass is 288 g/mol.